The second-order valence-corrected chi connectivity index (χ2v) is 12.1. The summed E-state index contributed by atoms with van der Waals surface area (Å²) in [7, 11) is -3.75. The van der Waals surface area contributed by atoms with Gasteiger partial charge in [-0.15, -0.1) is 0 Å². The average molecular weight is 547 g/mol. The highest BCUT2D eigenvalue weighted by Crippen LogP contribution is 2.36. The Morgan fingerprint density at radius 1 is 1.16 bits per heavy atom. The van der Waals surface area contributed by atoms with Crippen molar-refractivity contribution in [3.05, 3.63) is 51.4 Å². The van der Waals surface area contributed by atoms with Gasteiger partial charge in [0.05, 0.1) is 41.9 Å². The maximum atomic E-state index is 13.6. The highest BCUT2D eigenvalue weighted by Gasteiger charge is 2.42. The van der Waals surface area contributed by atoms with Gasteiger partial charge in [-0.2, -0.15) is 23.1 Å². The van der Waals surface area contributed by atoms with E-state index in [0.717, 1.165) is 32.3 Å². The molecule has 1 saturated carbocycles. The Morgan fingerprint density at radius 2 is 1.89 bits per heavy atom. The lowest BCUT2D eigenvalue weighted by atomic mass is 10.0. The third kappa shape index (κ3) is 5.62. The smallest absolute Gasteiger partial charge is 0.304 e. The van der Waals surface area contributed by atoms with Gasteiger partial charge in [0.25, 0.3) is 5.56 Å². The summed E-state index contributed by atoms with van der Waals surface area (Å²) >= 11 is 6.41. The number of anilines is 2. The minimum absolute atomic E-state index is 0.0704. The van der Waals surface area contributed by atoms with Crippen molar-refractivity contribution in [1.82, 2.24) is 14.1 Å². The van der Waals surface area contributed by atoms with Crippen LogP contribution >= 0.6 is 11.6 Å². The van der Waals surface area contributed by atoms with Crippen molar-refractivity contribution in [2.45, 2.75) is 50.6 Å². The van der Waals surface area contributed by atoms with Gasteiger partial charge in [-0.1, -0.05) is 11.6 Å². The summed E-state index contributed by atoms with van der Waals surface area (Å²) in [4.78, 5) is 13.0. The second-order valence-electron chi connectivity index (χ2n) is 9.91. The Balaban J connectivity index is 1.25. The second kappa shape index (κ2) is 11.0. The average Bonchev–Trinajstić information content (AvgIpc) is 3.75. The van der Waals surface area contributed by atoms with Crippen molar-refractivity contribution in [1.29, 1.82) is 5.26 Å². The van der Waals surface area contributed by atoms with Crippen molar-refractivity contribution in [3.8, 4) is 6.07 Å². The minimum atomic E-state index is -3.75. The summed E-state index contributed by atoms with van der Waals surface area (Å²) in [5.41, 5.74) is 1.19. The zero-order valence-electron chi connectivity index (χ0n) is 20.6. The largest absolute Gasteiger partial charge is 0.382 e. The van der Waals surface area contributed by atoms with Crippen LogP contribution in [0.15, 0.2) is 35.3 Å². The van der Waals surface area contributed by atoms with Gasteiger partial charge in [-0.3, -0.25) is 9.10 Å². The maximum Gasteiger partial charge on any atom is 0.304 e. The lowest BCUT2D eigenvalue weighted by Crippen LogP contribution is -2.49. The van der Waals surface area contributed by atoms with E-state index in [4.69, 9.17) is 21.6 Å². The van der Waals surface area contributed by atoms with Crippen LogP contribution in [0.3, 0.4) is 0 Å². The van der Waals surface area contributed by atoms with Gasteiger partial charge in [0.2, 0.25) is 0 Å². The number of ether oxygens (including phenoxy) is 1. The van der Waals surface area contributed by atoms with Gasteiger partial charge in [0.1, 0.15) is 5.02 Å². The quantitative estimate of drug-likeness (QED) is 0.540. The van der Waals surface area contributed by atoms with E-state index in [9.17, 15) is 13.2 Å². The normalized spacial score (nSPS) is 21.4. The van der Waals surface area contributed by atoms with Crippen LogP contribution in [0.25, 0.3) is 0 Å². The summed E-state index contributed by atoms with van der Waals surface area (Å²) in [5, 5.41) is 16.8. The van der Waals surface area contributed by atoms with Crippen molar-refractivity contribution in [3.63, 3.8) is 0 Å². The first-order chi connectivity index (χ1) is 17.9. The SMILES string of the molecule is N#Cc1ccc(N(C2CC2)S(=O)(=O)N2CCC(n3ncc(NC[C@@H]4CCCOC4)c(Cl)c3=O)CC2)cc1. The number of nitriles is 1. The number of nitrogens with one attached hydrogen (secondary N) is 1. The Labute approximate surface area is 221 Å². The Hall–Kier alpha value is -2.65. The van der Waals surface area contributed by atoms with Crippen molar-refractivity contribution >= 4 is 33.2 Å². The number of hydrogen-bond acceptors (Lipinski definition) is 7. The highest BCUT2D eigenvalue weighted by molar-refractivity contribution is 7.90. The predicted octanol–water partition coefficient (Wildman–Crippen LogP) is 3.16. The molecule has 0 spiro atoms. The van der Waals surface area contributed by atoms with Crippen LogP contribution in [0.5, 0.6) is 0 Å². The molecule has 2 aromatic rings. The number of piperidine rings is 1. The molecule has 1 aliphatic carbocycles. The Morgan fingerprint density at radius 3 is 2.51 bits per heavy atom. The van der Waals surface area contributed by atoms with E-state index in [-0.39, 0.29) is 35.8 Å². The molecule has 0 amide bonds. The van der Waals surface area contributed by atoms with E-state index in [1.807, 2.05) is 0 Å². The number of benzene rings is 1. The molecule has 0 radical (unpaired) electrons. The van der Waals surface area contributed by atoms with E-state index in [0.29, 0.717) is 48.8 Å². The molecule has 3 heterocycles. The molecule has 1 N–H and O–H groups in total. The van der Waals surface area contributed by atoms with E-state index < -0.39 is 10.2 Å². The first kappa shape index (κ1) is 26.0. The lowest BCUT2D eigenvalue weighted by molar-refractivity contribution is 0.0595. The van der Waals surface area contributed by atoms with Crippen LogP contribution in [-0.4, -0.2) is 61.4 Å². The van der Waals surface area contributed by atoms with Crippen LogP contribution in [0.4, 0.5) is 11.4 Å². The molecular formula is C25H31ClN6O4S. The third-order valence-electron chi connectivity index (χ3n) is 7.25. The summed E-state index contributed by atoms with van der Waals surface area (Å²) in [6.45, 7) is 2.71. The van der Waals surface area contributed by atoms with Crippen LogP contribution < -0.4 is 15.2 Å². The molecule has 3 aliphatic rings. The molecule has 3 fully saturated rings. The fraction of sp³-hybridized carbons (Fsp3) is 0.560. The zero-order valence-corrected chi connectivity index (χ0v) is 22.1. The molecular weight excluding hydrogens is 516 g/mol. The number of hydrogen-bond donors (Lipinski definition) is 1. The van der Waals surface area contributed by atoms with Gasteiger partial charge in [0, 0.05) is 32.3 Å². The minimum Gasteiger partial charge on any atom is -0.382 e. The van der Waals surface area contributed by atoms with Gasteiger partial charge >= 0.3 is 10.2 Å². The molecule has 1 aromatic carbocycles. The fourth-order valence-electron chi connectivity index (χ4n) is 5.02. The van der Waals surface area contributed by atoms with Gasteiger partial charge in [-0.25, -0.2) is 4.68 Å². The maximum absolute atomic E-state index is 13.6. The molecule has 1 atom stereocenters. The lowest BCUT2D eigenvalue weighted by Gasteiger charge is -2.36. The zero-order chi connectivity index (χ0) is 26.0. The molecule has 198 valence electrons. The van der Waals surface area contributed by atoms with Crippen LogP contribution in [0.2, 0.25) is 5.02 Å². The van der Waals surface area contributed by atoms with Gasteiger partial charge < -0.3 is 10.1 Å². The van der Waals surface area contributed by atoms with Crippen LogP contribution in [0.1, 0.15) is 50.1 Å². The summed E-state index contributed by atoms with van der Waals surface area (Å²) in [6, 6.07) is 8.40. The number of halogens is 1. The third-order valence-corrected chi connectivity index (χ3v) is 9.64. The summed E-state index contributed by atoms with van der Waals surface area (Å²) in [5.74, 6) is 0.373. The summed E-state index contributed by atoms with van der Waals surface area (Å²) < 4.78 is 37.1. The first-order valence-corrected chi connectivity index (χ1v) is 14.5. The first-order valence-electron chi connectivity index (χ1n) is 12.8. The molecule has 0 bridgehead atoms. The molecule has 1 aromatic heterocycles. The molecule has 12 heteroatoms. The number of nitrogens with zero attached hydrogens (tertiary/aromatic N) is 5. The van der Waals surface area contributed by atoms with Crippen LogP contribution in [0, 0.1) is 17.2 Å². The standard InChI is InChI=1S/C25H31ClN6O4S/c26-24-23(28-15-19-2-1-13-36-17-19)16-29-31(25(24)33)20-9-11-30(12-10-20)37(34,35)32(22-7-8-22)21-5-3-18(14-27)4-6-21/h3-6,16,19-20,22,28H,1-2,7-13,15,17H2/t19-/m0/s1. The molecule has 37 heavy (non-hydrogen) atoms. The summed E-state index contributed by atoms with van der Waals surface area (Å²) in [6.07, 6.45) is 6.21. The fourth-order valence-corrected chi connectivity index (χ4v) is 7.12. The Kier molecular flexibility index (Phi) is 7.72. The van der Waals surface area contributed by atoms with Crippen molar-refractivity contribution in [2.24, 2.45) is 5.92 Å². The van der Waals surface area contributed by atoms with E-state index in [1.54, 1.807) is 30.5 Å². The van der Waals surface area contributed by atoms with Crippen molar-refractivity contribution < 1.29 is 13.2 Å². The van der Waals surface area contributed by atoms with E-state index in [1.165, 1.54) is 13.3 Å². The molecule has 0 unspecified atom stereocenters. The predicted molar refractivity (Wildman–Crippen MR) is 141 cm³/mol. The van der Waals surface area contributed by atoms with Gasteiger partial charge in [0.15, 0.2) is 0 Å². The van der Waals surface area contributed by atoms with Crippen LogP contribution in [-0.2, 0) is 14.9 Å². The number of aromatic nitrogens is 2. The Bertz CT molecular complexity index is 1310. The molecule has 10 nitrogen and oxygen atoms in total. The van der Waals surface area contributed by atoms with Crippen molar-refractivity contribution in [2.75, 3.05) is 42.5 Å². The number of rotatable bonds is 8. The topological polar surface area (TPSA) is 121 Å². The monoisotopic (exact) mass is 546 g/mol. The highest BCUT2D eigenvalue weighted by atomic mass is 35.5. The van der Waals surface area contributed by atoms with Gasteiger partial charge in [-0.05, 0) is 68.7 Å². The molecule has 2 aliphatic heterocycles. The molecule has 5 rings (SSSR count). The van der Waals surface area contributed by atoms with E-state index >= 15 is 0 Å². The molecule has 2 saturated heterocycles. The van der Waals surface area contributed by atoms with E-state index in [2.05, 4.69) is 16.5 Å².